The van der Waals surface area contributed by atoms with Crippen molar-refractivity contribution in [3.63, 3.8) is 0 Å². The predicted molar refractivity (Wildman–Crippen MR) is 67.2 cm³/mol. The summed E-state index contributed by atoms with van der Waals surface area (Å²) in [5.41, 5.74) is 0. The van der Waals surface area contributed by atoms with E-state index in [1.165, 1.54) is 0 Å². The zero-order valence-corrected chi connectivity index (χ0v) is 11.1. The molecule has 1 amide bonds. The van der Waals surface area contributed by atoms with E-state index < -0.39 is 5.97 Å². The van der Waals surface area contributed by atoms with Crippen LogP contribution in [-0.2, 0) is 14.3 Å². The first-order chi connectivity index (χ1) is 8.52. The van der Waals surface area contributed by atoms with Gasteiger partial charge in [0.1, 0.15) is 0 Å². The van der Waals surface area contributed by atoms with E-state index in [4.69, 9.17) is 9.84 Å². The Labute approximate surface area is 108 Å². The molecular formula is C13H23NO4. The number of ether oxygens (including phenoxy) is 1. The molecule has 1 aliphatic rings. The fourth-order valence-electron chi connectivity index (χ4n) is 2.49. The lowest BCUT2D eigenvalue weighted by Crippen LogP contribution is -2.40. The first kappa shape index (κ1) is 15.0. The highest BCUT2D eigenvalue weighted by Gasteiger charge is 2.27. The second-order valence-corrected chi connectivity index (χ2v) is 5.23. The number of nitrogens with one attached hydrogen (secondary N) is 1. The lowest BCUT2D eigenvalue weighted by Gasteiger charge is -2.27. The monoisotopic (exact) mass is 257 g/mol. The number of carboxylic acid groups (broad SMARTS) is 1. The fourth-order valence-corrected chi connectivity index (χ4v) is 2.49. The van der Waals surface area contributed by atoms with Crippen LogP contribution in [0.4, 0.5) is 0 Å². The van der Waals surface area contributed by atoms with Crippen LogP contribution in [0.15, 0.2) is 0 Å². The molecule has 1 rings (SSSR count). The Morgan fingerprint density at radius 2 is 2.17 bits per heavy atom. The number of hydrogen-bond donors (Lipinski definition) is 2. The second kappa shape index (κ2) is 7.36. The molecule has 1 fully saturated rings. The van der Waals surface area contributed by atoms with Gasteiger partial charge in [-0.15, -0.1) is 0 Å². The van der Waals surface area contributed by atoms with Gasteiger partial charge >= 0.3 is 5.97 Å². The molecule has 0 spiro atoms. The minimum Gasteiger partial charge on any atom is -0.481 e. The highest BCUT2D eigenvalue weighted by Crippen LogP contribution is 2.24. The Morgan fingerprint density at radius 1 is 1.44 bits per heavy atom. The number of aliphatic carboxylic acids is 1. The van der Waals surface area contributed by atoms with Crippen molar-refractivity contribution in [2.24, 2.45) is 11.8 Å². The van der Waals surface area contributed by atoms with E-state index in [-0.39, 0.29) is 23.8 Å². The van der Waals surface area contributed by atoms with Crippen LogP contribution in [0.25, 0.3) is 0 Å². The van der Waals surface area contributed by atoms with Gasteiger partial charge in [0.05, 0.1) is 5.92 Å². The lowest BCUT2D eigenvalue weighted by atomic mass is 9.85. The van der Waals surface area contributed by atoms with E-state index in [1.807, 2.05) is 6.92 Å². The number of methoxy groups -OCH3 is 1. The quantitative estimate of drug-likeness (QED) is 0.754. The van der Waals surface area contributed by atoms with E-state index >= 15 is 0 Å². The Kier molecular flexibility index (Phi) is 6.12. The molecule has 0 aliphatic heterocycles. The Balaban J connectivity index is 2.33. The summed E-state index contributed by atoms with van der Waals surface area (Å²) in [6, 6.07) is 0.0158. The lowest BCUT2D eigenvalue weighted by molar-refractivity contribution is -0.143. The molecule has 3 unspecified atom stereocenters. The van der Waals surface area contributed by atoms with E-state index in [2.05, 4.69) is 5.32 Å². The number of hydrogen-bond acceptors (Lipinski definition) is 3. The van der Waals surface area contributed by atoms with Crippen molar-refractivity contribution in [2.45, 2.75) is 45.1 Å². The summed E-state index contributed by atoms with van der Waals surface area (Å²) in [4.78, 5) is 22.7. The summed E-state index contributed by atoms with van der Waals surface area (Å²) in [6.07, 6.45) is 3.47. The van der Waals surface area contributed by atoms with Gasteiger partial charge in [0.2, 0.25) is 5.91 Å². The van der Waals surface area contributed by atoms with E-state index in [9.17, 15) is 9.59 Å². The maximum absolute atomic E-state index is 11.8. The molecule has 5 heteroatoms. The molecule has 18 heavy (non-hydrogen) atoms. The van der Waals surface area contributed by atoms with Crippen molar-refractivity contribution in [2.75, 3.05) is 13.7 Å². The SMILES string of the molecule is COCC(C)CC(=O)NC1CCCC(C(=O)O)C1. The summed E-state index contributed by atoms with van der Waals surface area (Å²) in [6.45, 7) is 2.53. The number of rotatable bonds is 6. The minimum atomic E-state index is -0.748. The molecule has 0 saturated heterocycles. The summed E-state index contributed by atoms with van der Waals surface area (Å²) in [5, 5.41) is 11.9. The smallest absolute Gasteiger partial charge is 0.306 e. The van der Waals surface area contributed by atoms with Crippen LogP contribution < -0.4 is 5.32 Å². The van der Waals surface area contributed by atoms with Crippen molar-refractivity contribution in [1.82, 2.24) is 5.32 Å². The van der Waals surface area contributed by atoms with Gasteiger partial charge in [-0.05, 0) is 25.2 Å². The van der Waals surface area contributed by atoms with Crippen LogP contribution in [0.1, 0.15) is 39.0 Å². The van der Waals surface area contributed by atoms with Gasteiger partial charge in [-0.2, -0.15) is 0 Å². The predicted octanol–water partition coefficient (Wildman–Crippen LogP) is 1.42. The maximum atomic E-state index is 11.8. The highest BCUT2D eigenvalue weighted by atomic mass is 16.5. The zero-order chi connectivity index (χ0) is 13.5. The molecule has 5 nitrogen and oxygen atoms in total. The van der Waals surface area contributed by atoms with Gasteiger partial charge in [-0.1, -0.05) is 13.3 Å². The largest absolute Gasteiger partial charge is 0.481 e. The van der Waals surface area contributed by atoms with E-state index in [1.54, 1.807) is 7.11 Å². The molecule has 1 aliphatic carbocycles. The molecule has 0 aromatic rings. The fraction of sp³-hybridized carbons (Fsp3) is 0.846. The maximum Gasteiger partial charge on any atom is 0.306 e. The average molecular weight is 257 g/mol. The molecule has 0 radical (unpaired) electrons. The Morgan fingerprint density at radius 3 is 2.78 bits per heavy atom. The van der Waals surface area contributed by atoms with Gasteiger partial charge in [-0.3, -0.25) is 9.59 Å². The normalized spacial score (nSPS) is 25.4. The summed E-state index contributed by atoms with van der Waals surface area (Å²) >= 11 is 0. The van der Waals surface area contributed by atoms with Gasteiger partial charge in [0.25, 0.3) is 0 Å². The van der Waals surface area contributed by atoms with Crippen LogP contribution in [0.3, 0.4) is 0 Å². The van der Waals surface area contributed by atoms with Crippen molar-refractivity contribution >= 4 is 11.9 Å². The molecule has 2 N–H and O–H groups in total. The molecule has 0 aromatic carbocycles. The van der Waals surface area contributed by atoms with Crippen LogP contribution in [0.2, 0.25) is 0 Å². The van der Waals surface area contributed by atoms with Gasteiger partial charge < -0.3 is 15.2 Å². The number of carbonyl (C=O) groups is 2. The standard InChI is InChI=1S/C13H23NO4/c1-9(8-18-2)6-12(15)14-11-5-3-4-10(7-11)13(16)17/h9-11H,3-8H2,1-2H3,(H,14,15)(H,16,17). The first-order valence-corrected chi connectivity index (χ1v) is 6.54. The topological polar surface area (TPSA) is 75.6 Å². The Hall–Kier alpha value is -1.10. The summed E-state index contributed by atoms with van der Waals surface area (Å²) < 4.78 is 4.99. The van der Waals surface area contributed by atoms with Crippen molar-refractivity contribution < 1.29 is 19.4 Å². The Bertz CT molecular complexity index is 293. The van der Waals surface area contributed by atoms with Crippen molar-refractivity contribution in [1.29, 1.82) is 0 Å². The van der Waals surface area contributed by atoms with Crippen molar-refractivity contribution in [3.8, 4) is 0 Å². The molecular weight excluding hydrogens is 234 g/mol. The molecule has 104 valence electrons. The molecule has 3 atom stereocenters. The second-order valence-electron chi connectivity index (χ2n) is 5.23. The molecule has 0 bridgehead atoms. The zero-order valence-electron chi connectivity index (χ0n) is 11.1. The number of carboxylic acids is 1. The average Bonchev–Trinajstić information content (AvgIpc) is 2.29. The van der Waals surface area contributed by atoms with Crippen LogP contribution >= 0.6 is 0 Å². The van der Waals surface area contributed by atoms with Gasteiger partial charge in [-0.25, -0.2) is 0 Å². The van der Waals surface area contributed by atoms with Crippen LogP contribution in [-0.4, -0.2) is 36.7 Å². The third kappa shape index (κ3) is 5.04. The molecule has 0 aromatic heterocycles. The minimum absolute atomic E-state index is 0.00408. The van der Waals surface area contributed by atoms with Gasteiger partial charge in [0.15, 0.2) is 0 Å². The first-order valence-electron chi connectivity index (χ1n) is 6.54. The van der Waals surface area contributed by atoms with Crippen molar-refractivity contribution in [3.05, 3.63) is 0 Å². The number of carbonyl (C=O) groups excluding carboxylic acids is 1. The number of amides is 1. The highest BCUT2D eigenvalue weighted by molar-refractivity contribution is 5.76. The van der Waals surface area contributed by atoms with Crippen LogP contribution in [0, 0.1) is 11.8 Å². The third-order valence-corrected chi connectivity index (χ3v) is 3.37. The van der Waals surface area contributed by atoms with Crippen LogP contribution in [0.5, 0.6) is 0 Å². The van der Waals surface area contributed by atoms with E-state index in [0.717, 1.165) is 19.3 Å². The third-order valence-electron chi connectivity index (χ3n) is 3.37. The summed E-state index contributed by atoms with van der Waals surface area (Å²) in [7, 11) is 1.62. The summed E-state index contributed by atoms with van der Waals surface area (Å²) in [5.74, 6) is -0.869. The molecule has 0 heterocycles. The molecule has 1 saturated carbocycles. The van der Waals surface area contributed by atoms with Gasteiger partial charge in [0, 0.05) is 26.2 Å². The van der Waals surface area contributed by atoms with E-state index in [0.29, 0.717) is 19.4 Å².